The standard InChI is InChI=1S/C15H14O2/c16-15-12-8-4-5-9-13(12)17-14(15)10-11-6-2-1-3-7-11/h1-9,14-16H,10H2. The van der Waals surface area contributed by atoms with Crippen LogP contribution in [-0.2, 0) is 6.42 Å². The molecule has 86 valence electrons. The molecular formula is C15H14O2. The highest BCUT2D eigenvalue weighted by Crippen LogP contribution is 2.37. The van der Waals surface area contributed by atoms with Gasteiger partial charge < -0.3 is 9.84 Å². The molecule has 0 amide bonds. The summed E-state index contributed by atoms with van der Waals surface area (Å²) >= 11 is 0. The molecule has 0 spiro atoms. The molecule has 1 aliphatic rings. The molecule has 0 fully saturated rings. The molecule has 2 aromatic carbocycles. The van der Waals surface area contributed by atoms with E-state index < -0.39 is 6.10 Å². The minimum Gasteiger partial charge on any atom is -0.487 e. The minimum atomic E-state index is -0.522. The van der Waals surface area contributed by atoms with Crippen LogP contribution in [0.4, 0.5) is 0 Å². The Morgan fingerprint density at radius 3 is 2.41 bits per heavy atom. The second-order valence-electron chi connectivity index (χ2n) is 4.33. The van der Waals surface area contributed by atoms with Crippen molar-refractivity contribution in [3.63, 3.8) is 0 Å². The molecule has 0 saturated heterocycles. The first-order valence-electron chi connectivity index (χ1n) is 5.82. The number of para-hydroxylation sites is 1. The molecule has 0 aliphatic carbocycles. The van der Waals surface area contributed by atoms with Crippen LogP contribution in [0.2, 0.25) is 0 Å². The molecular weight excluding hydrogens is 212 g/mol. The van der Waals surface area contributed by atoms with Crippen LogP contribution >= 0.6 is 0 Å². The Kier molecular flexibility index (Phi) is 2.57. The second-order valence-corrected chi connectivity index (χ2v) is 4.33. The summed E-state index contributed by atoms with van der Waals surface area (Å²) in [6.07, 6.45) is 0.0395. The summed E-state index contributed by atoms with van der Waals surface area (Å²) in [5.41, 5.74) is 2.08. The number of ether oxygens (including phenoxy) is 1. The van der Waals surface area contributed by atoms with E-state index in [1.807, 2.05) is 42.5 Å². The fraction of sp³-hybridized carbons (Fsp3) is 0.200. The van der Waals surface area contributed by atoms with Gasteiger partial charge in [-0.25, -0.2) is 0 Å². The van der Waals surface area contributed by atoms with Crippen molar-refractivity contribution < 1.29 is 9.84 Å². The van der Waals surface area contributed by atoms with Crippen molar-refractivity contribution in [3.8, 4) is 5.75 Å². The molecule has 2 atom stereocenters. The lowest BCUT2D eigenvalue weighted by Gasteiger charge is -2.14. The van der Waals surface area contributed by atoms with Gasteiger partial charge in [-0.3, -0.25) is 0 Å². The molecule has 2 heteroatoms. The van der Waals surface area contributed by atoms with E-state index in [1.54, 1.807) is 0 Å². The monoisotopic (exact) mass is 226 g/mol. The van der Waals surface area contributed by atoms with E-state index in [0.29, 0.717) is 0 Å². The first kappa shape index (κ1) is 10.4. The smallest absolute Gasteiger partial charge is 0.133 e. The zero-order valence-electron chi connectivity index (χ0n) is 9.41. The van der Waals surface area contributed by atoms with Crippen LogP contribution in [0.5, 0.6) is 5.75 Å². The minimum absolute atomic E-state index is 0.171. The molecule has 1 aliphatic heterocycles. The van der Waals surface area contributed by atoms with Crippen LogP contribution in [0.25, 0.3) is 0 Å². The van der Waals surface area contributed by atoms with Crippen molar-refractivity contribution in [3.05, 3.63) is 65.7 Å². The van der Waals surface area contributed by atoms with Gasteiger partial charge in [-0.05, 0) is 11.6 Å². The molecule has 2 nitrogen and oxygen atoms in total. The SMILES string of the molecule is OC1c2ccccc2OC1Cc1ccccc1. The maximum Gasteiger partial charge on any atom is 0.133 e. The molecule has 1 N–H and O–H groups in total. The highest BCUT2D eigenvalue weighted by molar-refractivity contribution is 5.39. The van der Waals surface area contributed by atoms with Gasteiger partial charge in [-0.2, -0.15) is 0 Å². The number of aliphatic hydroxyl groups excluding tert-OH is 1. The molecule has 2 unspecified atom stereocenters. The van der Waals surface area contributed by atoms with Crippen LogP contribution in [0.1, 0.15) is 17.2 Å². The lowest BCUT2D eigenvalue weighted by molar-refractivity contribution is 0.0679. The third-order valence-electron chi connectivity index (χ3n) is 3.15. The maximum atomic E-state index is 10.2. The zero-order chi connectivity index (χ0) is 11.7. The molecule has 17 heavy (non-hydrogen) atoms. The fourth-order valence-electron chi connectivity index (χ4n) is 2.26. The molecule has 0 aromatic heterocycles. The van der Waals surface area contributed by atoms with E-state index >= 15 is 0 Å². The highest BCUT2D eigenvalue weighted by atomic mass is 16.5. The van der Waals surface area contributed by atoms with Crippen molar-refractivity contribution in [1.29, 1.82) is 0 Å². The van der Waals surface area contributed by atoms with Crippen molar-refractivity contribution >= 4 is 0 Å². The summed E-state index contributed by atoms with van der Waals surface area (Å²) < 4.78 is 5.77. The number of rotatable bonds is 2. The normalized spacial score (nSPS) is 21.9. The number of fused-ring (bicyclic) bond motifs is 1. The average molecular weight is 226 g/mol. The Morgan fingerprint density at radius 2 is 1.65 bits per heavy atom. The van der Waals surface area contributed by atoms with E-state index in [-0.39, 0.29) is 6.10 Å². The van der Waals surface area contributed by atoms with Crippen LogP contribution < -0.4 is 4.74 Å². The molecule has 2 aromatic rings. The van der Waals surface area contributed by atoms with Crippen LogP contribution in [0.15, 0.2) is 54.6 Å². The van der Waals surface area contributed by atoms with Gasteiger partial charge in [0.15, 0.2) is 0 Å². The Hall–Kier alpha value is -1.80. The number of aliphatic hydroxyl groups is 1. The van der Waals surface area contributed by atoms with Gasteiger partial charge >= 0.3 is 0 Å². The van der Waals surface area contributed by atoms with Gasteiger partial charge in [-0.1, -0.05) is 48.5 Å². The molecule has 1 heterocycles. The van der Waals surface area contributed by atoms with Crippen LogP contribution in [0.3, 0.4) is 0 Å². The fourth-order valence-corrected chi connectivity index (χ4v) is 2.26. The van der Waals surface area contributed by atoms with E-state index in [9.17, 15) is 5.11 Å². The Morgan fingerprint density at radius 1 is 0.941 bits per heavy atom. The highest BCUT2D eigenvalue weighted by Gasteiger charge is 2.32. The van der Waals surface area contributed by atoms with Gasteiger partial charge in [-0.15, -0.1) is 0 Å². The molecule has 0 bridgehead atoms. The molecule has 3 rings (SSSR count). The van der Waals surface area contributed by atoms with E-state index in [1.165, 1.54) is 5.56 Å². The van der Waals surface area contributed by atoms with Gasteiger partial charge in [0.05, 0.1) is 0 Å². The van der Waals surface area contributed by atoms with Crippen molar-refractivity contribution in [2.45, 2.75) is 18.6 Å². The summed E-state index contributed by atoms with van der Waals surface area (Å²) in [4.78, 5) is 0. The third-order valence-corrected chi connectivity index (χ3v) is 3.15. The van der Waals surface area contributed by atoms with E-state index in [0.717, 1.165) is 17.7 Å². The maximum absolute atomic E-state index is 10.2. The van der Waals surface area contributed by atoms with E-state index in [4.69, 9.17) is 4.74 Å². The summed E-state index contributed by atoms with van der Waals surface area (Å²) in [7, 11) is 0. The summed E-state index contributed by atoms with van der Waals surface area (Å²) in [6.45, 7) is 0. The Labute approximate surface area is 100 Å². The van der Waals surface area contributed by atoms with Crippen LogP contribution in [0, 0.1) is 0 Å². The van der Waals surface area contributed by atoms with E-state index in [2.05, 4.69) is 12.1 Å². The lowest BCUT2D eigenvalue weighted by Crippen LogP contribution is -2.21. The van der Waals surface area contributed by atoms with Crippen LogP contribution in [-0.4, -0.2) is 11.2 Å². The first-order valence-corrected chi connectivity index (χ1v) is 5.82. The number of hydrogen-bond donors (Lipinski definition) is 1. The Bertz CT molecular complexity index is 507. The Balaban J connectivity index is 1.81. The summed E-state index contributed by atoms with van der Waals surface area (Å²) in [5, 5.41) is 10.2. The first-order chi connectivity index (χ1) is 8.34. The van der Waals surface area contributed by atoms with Gasteiger partial charge in [0.1, 0.15) is 18.0 Å². The summed E-state index contributed by atoms with van der Waals surface area (Å²) in [6, 6.07) is 17.8. The summed E-state index contributed by atoms with van der Waals surface area (Å²) in [5.74, 6) is 0.806. The van der Waals surface area contributed by atoms with Gasteiger partial charge in [0.2, 0.25) is 0 Å². The van der Waals surface area contributed by atoms with Crippen molar-refractivity contribution in [1.82, 2.24) is 0 Å². The molecule has 0 saturated carbocycles. The topological polar surface area (TPSA) is 29.5 Å². The quantitative estimate of drug-likeness (QED) is 0.853. The number of benzene rings is 2. The largest absolute Gasteiger partial charge is 0.487 e. The predicted octanol–water partition coefficient (Wildman–Crippen LogP) is 2.72. The average Bonchev–Trinajstić information content (AvgIpc) is 2.68. The predicted molar refractivity (Wildman–Crippen MR) is 66.0 cm³/mol. The number of hydrogen-bond acceptors (Lipinski definition) is 2. The van der Waals surface area contributed by atoms with Crippen molar-refractivity contribution in [2.24, 2.45) is 0 Å². The van der Waals surface area contributed by atoms with Gasteiger partial charge in [0, 0.05) is 12.0 Å². The molecule has 0 radical (unpaired) electrons. The second kappa shape index (κ2) is 4.22. The zero-order valence-corrected chi connectivity index (χ0v) is 9.41. The van der Waals surface area contributed by atoms with Gasteiger partial charge in [0.25, 0.3) is 0 Å². The van der Waals surface area contributed by atoms with Crippen molar-refractivity contribution in [2.75, 3.05) is 0 Å². The third kappa shape index (κ3) is 1.92. The lowest BCUT2D eigenvalue weighted by atomic mass is 10.0.